The molecule has 11 heteroatoms. The van der Waals surface area contributed by atoms with Crippen molar-refractivity contribution in [2.45, 2.75) is 37.4 Å². The van der Waals surface area contributed by atoms with Crippen molar-refractivity contribution in [3.8, 4) is 17.1 Å². The molecule has 0 spiro atoms. The lowest BCUT2D eigenvalue weighted by atomic mass is 10.0. The van der Waals surface area contributed by atoms with Gasteiger partial charge in [0.15, 0.2) is 0 Å². The molecule has 0 radical (unpaired) electrons. The molecular formula is C23H27N7O3S. The number of amides is 1. The number of hydrogen-bond acceptors (Lipinski definition) is 10. The predicted molar refractivity (Wildman–Crippen MR) is 131 cm³/mol. The summed E-state index contributed by atoms with van der Waals surface area (Å²) in [6.45, 7) is 2.82. The van der Waals surface area contributed by atoms with E-state index in [1.807, 2.05) is 13.0 Å². The third-order valence-corrected chi connectivity index (χ3v) is 6.12. The van der Waals surface area contributed by atoms with Crippen LogP contribution in [0.5, 0.6) is 5.88 Å². The molecule has 178 valence electrons. The Morgan fingerprint density at radius 3 is 2.79 bits per heavy atom. The van der Waals surface area contributed by atoms with Crippen LogP contribution in [0.15, 0.2) is 43.0 Å². The number of methoxy groups -OCH3 is 1. The highest BCUT2D eigenvalue weighted by atomic mass is 32.2. The van der Waals surface area contributed by atoms with Crippen LogP contribution in [-0.4, -0.2) is 56.4 Å². The summed E-state index contributed by atoms with van der Waals surface area (Å²) < 4.78 is 13.8. The maximum absolute atomic E-state index is 13.1. The molecule has 0 bridgehead atoms. The van der Waals surface area contributed by atoms with Crippen molar-refractivity contribution < 1.29 is 14.3 Å². The predicted octanol–water partition coefficient (Wildman–Crippen LogP) is 3.71. The summed E-state index contributed by atoms with van der Waals surface area (Å²) in [5, 5.41) is 3.50. The van der Waals surface area contributed by atoms with Gasteiger partial charge in [0, 0.05) is 36.9 Å². The standard InChI is InChI=1S/C23H27N7O3S/c1-3-33-21-14-24-13-19(27-21)15-4-7-20(26-12-15)29-22(31)17(9-11-32-2)18-8-10-25-23(28-18)30-34-16-5-6-16/h4,7-8,10,12-14,16-17H,3,5-6,9,11H2,1-2H3,(H,25,28,30)(H,26,29,31). The van der Waals surface area contributed by atoms with Gasteiger partial charge in [-0.3, -0.25) is 14.5 Å². The summed E-state index contributed by atoms with van der Waals surface area (Å²) in [5.74, 6) is 0.663. The van der Waals surface area contributed by atoms with Gasteiger partial charge in [0.2, 0.25) is 17.7 Å². The van der Waals surface area contributed by atoms with Gasteiger partial charge in [0.25, 0.3) is 0 Å². The Balaban J connectivity index is 1.45. The molecule has 1 aliphatic carbocycles. The average Bonchev–Trinajstić information content (AvgIpc) is 3.69. The first kappa shape index (κ1) is 23.8. The van der Waals surface area contributed by atoms with Crippen molar-refractivity contribution in [2.24, 2.45) is 0 Å². The van der Waals surface area contributed by atoms with Crippen molar-refractivity contribution >= 4 is 29.6 Å². The molecule has 1 unspecified atom stereocenters. The van der Waals surface area contributed by atoms with Crippen LogP contribution in [0.25, 0.3) is 11.3 Å². The molecule has 1 amide bonds. The Morgan fingerprint density at radius 1 is 1.18 bits per heavy atom. The number of nitrogens with zero attached hydrogens (tertiary/aromatic N) is 5. The lowest BCUT2D eigenvalue weighted by molar-refractivity contribution is -0.118. The van der Waals surface area contributed by atoms with Gasteiger partial charge in [-0.15, -0.1) is 0 Å². The number of anilines is 2. The van der Waals surface area contributed by atoms with Gasteiger partial charge >= 0.3 is 0 Å². The summed E-state index contributed by atoms with van der Waals surface area (Å²) >= 11 is 1.62. The quantitative estimate of drug-likeness (QED) is 0.370. The number of rotatable bonds is 12. The molecule has 10 nitrogen and oxygen atoms in total. The largest absolute Gasteiger partial charge is 0.477 e. The third kappa shape index (κ3) is 6.61. The Kier molecular flexibility index (Phi) is 8.21. The van der Waals surface area contributed by atoms with Crippen molar-refractivity contribution in [3.63, 3.8) is 0 Å². The Bertz CT molecular complexity index is 1100. The highest BCUT2D eigenvalue weighted by Crippen LogP contribution is 2.34. The molecule has 34 heavy (non-hydrogen) atoms. The van der Waals surface area contributed by atoms with Crippen LogP contribution in [0.2, 0.25) is 0 Å². The summed E-state index contributed by atoms with van der Waals surface area (Å²) in [5.41, 5.74) is 2.03. The van der Waals surface area contributed by atoms with Crippen LogP contribution in [0, 0.1) is 0 Å². The van der Waals surface area contributed by atoms with Crippen LogP contribution in [0.3, 0.4) is 0 Å². The van der Waals surface area contributed by atoms with Gasteiger partial charge in [0.05, 0.1) is 36.3 Å². The maximum Gasteiger partial charge on any atom is 0.234 e. The van der Waals surface area contributed by atoms with E-state index in [1.54, 1.807) is 56.0 Å². The smallest absolute Gasteiger partial charge is 0.234 e. The number of ether oxygens (including phenoxy) is 2. The van der Waals surface area contributed by atoms with Gasteiger partial charge in [-0.2, -0.15) is 0 Å². The van der Waals surface area contributed by atoms with Crippen molar-refractivity contribution in [1.29, 1.82) is 0 Å². The van der Waals surface area contributed by atoms with E-state index in [4.69, 9.17) is 9.47 Å². The molecule has 1 aliphatic rings. The van der Waals surface area contributed by atoms with Crippen LogP contribution < -0.4 is 14.8 Å². The van der Waals surface area contributed by atoms with Crippen LogP contribution in [-0.2, 0) is 9.53 Å². The van der Waals surface area contributed by atoms with Crippen LogP contribution >= 0.6 is 11.9 Å². The molecule has 2 N–H and O–H groups in total. The van der Waals surface area contributed by atoms with E-state index in [1.165, 1.54) is 12.8 Å². The van der Waals surface area contributed by atoms with Crippen molar-refractivity contribution in [2.75, 3.05) is 30.4 Å². The Labute approximate surface area is 202 Å². The zero-order chi connectivity index (χ0) is 23.8. The molecule has 1 fully saturated rings. The molecule has 1 atom stereocenters. The fourth-order valence-electron chi connectivity index (χ4n) is 3.12. The summed E-state index contributed by atoms with van der Waals surface area (Å²) in [7, 11) is 1.61. The van der Waals surface area contributed by atoms with Crippen LogP contribution in [0.4, 0.5) is 11.8 Å². The van der Waals surface area contributed by atoms with E-state index in [2.05, 4.69) is 35.0 Å². The summed E-state index contributed by atoms with van der Waals surface area (Å²) in [6.07, 6.45) is 9.39. The zero-order valence-corrected chi connectivity index (χ0v) is 19.9. The lowest BCUT2D eigenvalue weighted by Gasteiger charge is -2.16. The first-order valence-corrected chi connectivity index (χ1v) is 12.0. The second-order valence-electron chi connectivity index (χ2n) is 7.66. The molecule has 3 aromatic rings. The topological polar surface area (TPSA) is 124 Å². The van der Waals surface area contributed by atoms with Gasteiger partial charge < -0.3 is 14.8 Å². The van der Waals surface area contributed by atoms with Crippen LogP contribution in [0.1, 0.15) is 37.8 Å². The Hall–Kier alpha value is -3.31. The molecular weight excluding hydrogens is 454 g/mol. The van der Waals surface area contributed by atoms with Gasteiger partial charge in [0.1, 0.15) is 5.82 Å². The van der Waals surface area contributed by atoms with E-state index >= 15 is 0 Å². The fraction of sp³-hybridized carbons (Fsp3) is 0.391. The van der Waals surface area contributed by atoms with E-state index in [9.17, 15) is 4.79 Å². The monoisotopic (exact) mass is 481 g/mol. The summed E-state index contributed by atoms with van der Waals surface area (Å²) in [4.78, 5) is 34.9. The van der Waals surface area contributed by atoms with E-state index in [-0.39, 0.29) is 5.91 Å². The second-order valence-corrected chi connectivity index (χ2v) is 8.76. The van der Waals surface area contributed by atoms with Gasteiger partial charge in [-0.05, 0) is 56.3 Å². The number of carbonyl (C=O) groups is 1. The number of pyridine rings is 1. The van der Waals surface area contributed by atoms with Crippen molar-refractivity contribution in [3.05, 3.63) is 48.7 Å². The Morgan fingerprint density at radius 2 is 2.06 bits per heavy atom. The molecule has 4 rings (SSSR count). The minimum Gasteiger partial charge on any atom is -0.477 e. The number of hydrogen-bond donors (Lipinski definition) is 2. The first-order chi connectivity index (χ1) is 16.7. The first-order valence-electron chi connectivity index (χ1n) is 11.1. The minimum atomic E-state index is -0.510. The van der Waals surface area contributed by atoms with E-state index in [0.717, 1.165) is 5.56 Å². The fourth-order valence-corrected chi connectivity index (χ4v) is 3.87. The minimum absolute atomic E-state index is 0.213. The maximum atomic E-state index is 13.1. The normalized spacial score (nSPS) is 13.8. The summed E-state index contributed by atoms with van der Waals surface area (Å²) in [6, 6.07) is 5.32. The highest BCUT2D eigenvalue weighted by Gasteiger charge is 2.25. The number of aromatic nitrogens is 5. The van der Waals surface area contributed by atoms with Gasteiger partial charge in [-0.1, -0.05) is 0 Å². The number of carbonyl (C=O) groups excluding carboxylic acids is 1. The molecule has 1 saturated carbocycles. The lowest BCUT2D eigenvalue weighted by Crippen LogP contribution is -2.24. The molecule has 0 saturated heterocycles. The molecule has 0 aromatic carbocycles. The second kappa shape index (κ2) is 11.7. The van der Waals surface area contributed by atoms with E-state index < -0.39 is 5.92 Å². The molecule has 3 aromatic heterocycles. The third-order valence-electron chi connectivity index (χ3n) is 5.02. The average molecular weight is 482 g/mol. The zero-order valence-electron chi connectivity index (χ0n) is 19.1. The molecule has 0 aliphatic heterocycles. The van der Waals surface area contributed by atoms with Gasteiger partial charge in [-0.25, -0.2) is 19.9 Å². The van der Waals surface area contributed by atoms with Crippen molar-refractivity contribution in [1.82, 2.24) is 24.9 Å². The molecule has 3 heterocycles. The number of nitrogens with one attached hydrogen (secondary N) is 2. The van der Waals surface area contributed by atoms with E-state index in [0.29, 0.717) is 53.9 Å². The SMILES string of the molecule is CCOc1cncc(-c2ccc(NC(=O)C(CCOC)c3ccnc(NSC4CC4)n3)nc2)n1. The highest BCUT2D eigenvalue weighted by molar-refractivity contribution is 8.01.